The minimum absolute atomic E-state index is 0. The Kier molecular flexibility index (Phi) is 14.7. The van der Waals surface area contributed by atoms with E-state index in [1.807, 2.05) is 0 Å². The molecule has 0 heterocycles. The molecule has 1 rings (SSSR count). The molecular formula is C20H36IN3O2. The molecule has 0 saturated carbocycles. The number of halogens is 1. The van der Waals surface area contributed by atoms with Crippen LogP contribution in [0, 0.1) is 11.8 Å². The Balaban J connectivity index is 0.00000625. The molecule has 3 N–H and O–H groups in total. The molecule has 0 aliphatic rings. The lowest BCUT2D eigenvalue weighted by Crippen LogP contribution is -2.40. The van der Waals surface area contributed by atoms with Gasteiger partial charge in [-0.1, -0.05) is 38.1 Å². The van der Waals surface area contributed by atoms with Crippen molar-refractivity contribution in [3.63, 3.8) is 0 Å². The second-order valence-corrected chi connectivity index (χ2v) is 6.83. The van der Waals surface area contributed by atoms with E-state index in [0.717, 1.165) is 31.9 Å². The summed E-state index contributed by atoms with van der Waals surface area (Å²) in [5.74, 6) is 1.92. The number of rotatable bonds is 11. The van der Waals surface area contributed by atoms with E-state index >= 15 is 0 Å². The maximum atomic E-state index is 9.25. The third-order valence-corrected chi connectivity index (χ3v) is 4.00. The van der Waals surface area contributed by atoms with E-state index < -0.39 is 0 Å². The van der Waals surface area contributed by atoms with Gasteiger partial charge in [0, 0.05) is 26.8 Å². The molecule has 0 aliphatic carbocycles. The first-order valence-electron chi connectivity index (χ1n) is 9.28. The first-order valence-corrected chi connectivity index (χ1v) is 9.28. The van der Waals surface area contributed by atoms with Crippen molar-refractivity contribution in [3.05, 3.63) is 35.4 Å². The lowest BCUT2D eigenvalue weighted by Gasteiger charge is -2.20. The summed E-state index contributed by atoms with van der Waals surface area (Å²) < 4.78 is 5.13. The molecule has 0 aliphatic heterocycles. The van der Waals surface area contributed by atoms with Crippen LogP contribution in [0.1, 0.15) is 44.7 Å². The minimum atomic E-state index is 0. The summed E-state index contributed by atoms with van der Waals surface area (Å²) in [5, 5.41) is 16.0. The number of benzene rings is 1. The smallest absolute Gasteiger partial charge is 0.191 e. The third kappa shape index (κ3) is 11.0. The van der Waals surface area contributed by atoms with Gasteiger partial charge < -0.3 is 20.5 Å². The van der Waals surface area contributed by atoms with E-state index in [2.05, 4.69) is 60.7 Å². The second kappa shape index (κ2) is 15.2. The zero-order valence-corrected chi connectivity index (χ0v) is 19.0. The van der Waals surface area contributed by atoms with E-state index in [1.54, 1.807) is 7.11 Å². The molecule has 0 saturated heterocycles. The van der Waals surface area contributed by atoms with Crippen molar-refractivity contribution < 1.29 is 9.84 Å². The highest BCUT2D eigenvalue weighted by Gasteiger charge is 2.11. The van der Waals surface area contributed by atoms with Crippen molar-refractivity contribution in [1.82, 2.24) is 10.6 Å². The quantitative estimate of drug-likeness (QED) is 0.259. The van der Waals surface area contributed by atoms with Gasteiger partial charge in [-0.3, -0.25) is 0 Å². The Labute approximate surface area is 176 Å². The van der Waals surface area contributed by atoms with E-state index in [4.69, 9.17) is 4.74 Å². The molecule has 0 spiro atoms. The molecule has 5 nitrogen and oxygen atoms in total. The number of hydrogen-bond acceptors (Lipinski definition) is 3. The molecular weight excluding hydrogens is 441 g/mol. The zero-order valence-electron chi connectivity index (χ0n) is 16.6. The van der Waals surface area contributed by atoms with Gasteiger partial charge in [-0.05, 0) is 42.7 Å². The number of aliphatic imine (C=N–C) groups is 1. The molecule has 26 heavy (non-hydrogen) atoms. The van der Waals surface area contributed by atoms with Crippen LogP contribution in [-0.4, -0.2) is 37.9 Å². The fourth-order valence-electron chi connectivity index (χ4n) is 2.81. The van der Waals surface area contributed by atoms with E-state index in [1.165, 1.54) is 11.1 Å². The summed E-state index contributed by atoms with van der Waals surface area (Å²) in [4.78, 5) is 4.67. The average molecular weight is 477 g/mol. The van der Waals surface area contributed by atoms with E-state index in [-0.39, 0.29) is 30.6 Å². The van der Waals surface area contributed by atoms with Gasteiger partial charge in [0.15, 0.2) is 5.96 Å². The highest BCUT2D eigenvalue weighted by molar-refractivity contribution is 14.0. The highest BCUT2D eigenvalue weighted by atomic mass is 127. The lowest BCUT2D eigenvalue weighted by molar-refractivity contribution is 0.185. The van der Waals surface area contributed by atoms with Crippen molar-refractivity contribution in [2.24, 2.45) is 16.8 Å². The normalized spacial score (nSPS) is 12.6. The highest BCUT2D eigenvalue weighted by Crippen LogP contribution is 2.14. The first-order chi connectivity index (χ1) is 12.1. The van der Waals surface area contributed by atoms with Gasteiger partial charge in [-0.2, -0.15) is 0 Å². The molecule has 1 aromatic carbocycles. The molecule has 0 aromatic heterocycles. The fraction of sp³-hybridized carbons (Fsp3) is 0.650. The van der Waals surface area contributed by atoms with Crippen LogP contribution in [0.15, 0.2) is 29.3 Å². The van der Waals surface area contributed by atoms with Crippen LogP contribution in [0.2, 0.25) is 0 Å². The van der Waals surface area contributed by atoms with Gasteiger partial charge in [0.25, 0.3) is 0 Å². The number of guanidine groups is 1. The van der Waals surface area contributed by atoms with E-state index in [0.29, 0.717) is 25.0 Å². The maximum absolute atomic E-state index is 9.25. The van der Waals surface area contributed by atoms with Crippen molar-refractivity contribution in [3.8, 4) is 0 Å². The fourth-order valence-corrected chi connectivity index (χ4v) is 2.81. The molecule has 150 valence electrons. The van der Waals surface area contributed by atoms with Crippen molar-refractivity contribution >= 4 is 29.9 Å². The van der Waals surface area contributed by atoms with Gasteiger partial charge >= 0.3 is 0 Å². The molecule has 0 amide bonds. The van der Waals surface area contributed by atoms with Crippen LogP contribution >= 0.6 is 24.0 Å². The zero-order chi connectivity index (χ0) is 18.5. The summed E-state index contributed by atoms with van der Waals surface area (Å²) >= 11 is 0. The summed E-state index contributed by atoms with van der Waals surface area (Å²) in [5.41, 5.74) is 2.34. The van der Waals surface area contributed by atoms with Crippen molar-refractivity contribution in [2.75, 3.05) is 26.8 Å². The molecule has 0 radical (unpaired) electrons. The van der Waals surface area contributed by atoms with E-state index in [9.17, 15) is 5.11 Å². The largest absolute Gasteiger partial charge is 0.396 e. The van der Waals surface area contributed by atoms with Crippen LogP contribution in [-0.2, 0) is 17.9 Å². The number of aliphatic hydroxyl groups excluding tert-OH is 1. The van der Waals surface area contributed by atoms with Crippen LogP contribution < -0.4 is 10.6 Å². The molecule has 6 heteroatoms. The molecule has 0 fully saturated rings. The second-order valence-electron chi connectivity index (χ2n) is 6.83. The predicted molar refractivity (Wildman–Crippen MR) is 120 cm³/mol. The molecule has 1 aromatic rings. The maximum Gasteiger partial charge on any atom is 0.191 e. The van der Waals surface area contributed by atoms with Gasteiger partial charge in [0.2, 0.25) is 0 Å². The topological polar surface area (TPSA) is 65.9 Å². The summed E-state index contributed by atoms with van der Waals surface area (Å²) in [6, 6.07) is 8.34. The monoisotopic (exact) mass is 477 g/mol. The van der Waals surface area contributed by atoms with Crippen molar-refractivity contribution in [2.45, 2.75) is 46.8 Å². The predicted octanol–water partition coefficient (Wildman–Crippen LogP) is 3.55. The van der Waals surface area contributed by atoms with Crippen LogP contribution in [0.25, 0.3) is 0 Å². The number of hydrogen-bond donors (Lipinski definition) is 3. The summed E-state index contributed by atoms with van der Waals surface area (Å²) in [6.45, 7) is 9.67. The molecule has 1 atom stereocenters. The number of nitrogens with one attached hydrogen (secondary N) is 2. The first kappa shape index (κ1) is 25.1. The van der Waals surface area contributed by atoms with Gasteiger partial charge in [-0.15, -0.1) is 24.0 Å². The number of ether oxygens (including phenoxy) is 1. The van der Waals surface area contributed by atoms with Crippen LogP contribution in [0.4, 0.5) is 0 Å². The van der Waals surface area contributed by atoms with Crippen LogP contribution in [0.3, 0.4) is 0 Å². The number of aliphatic hydroxyl groups is 1. The Hall–Kier alpha value is -0.860. The lowest BCUT2D eigenvalue weighted by atomic mass is 9.94. The average Bonchev–Trinajstić information content (AvgIpc) is 2.58. The standard InChI is InChI=1S/C20H35N3O2.HI/c1-5-21-20(23-14-19(10-11-24)12-16(2)3)22-13-17-6-8-18(9-7-17)15-25-4;/h6-9,16,19,24H,5,10-15H2,1-4H3,(H2,21,22,23);1H. The number of nitrogens with zero attached hydrogens (tertiary/aromatic N) is 1. The Bertz CT molecular complexity index is 492. The van der Waals surface area contributed by atoms with Gasteiger partial charge in [-0.25, -0.2) is 4.99 Å². The van der Waals surface area contributed by atoms with Gasteiger partial charge in [0.05, 0.1) is 13.2 Å². The summed E-state index contributed by atoms with van der Waals surface area (Å²) in [6.07, 6.45) is 1.93. The summed E-state index contributed by atoms with van der Waals surface area (Å²) in [7, 11) is 1.70. The van der Waals surface area contributed by atoms with Crippen molar-refractivity contribution in [1.29, 1.82) is 0 Å². The van der Waals surface area contributed by atoms with Gasteiger partial charge in [0.1, 0.15) is 0 Å². The van der Waals surface area contributed by atoms with Crippen LogP contribution in [0.5, 0.6) is 0 Å². The Morgan fingerprint density at radius 1 is 1.15 bits per heavy atom. The minimum Gasteiger partial charge on any atom is -0.396 e. The number of methoxy groups -OCH3 is 1. The Morgan fingerprint density at radius 2 is 1.81 bits per heavy atom. The molecule has 0 bridgehead atoms. The third-order valence-electron chi connectivity index (χ3n) is 4.00. The Morgan fingerprint density at radius 3 is 2.35 bits per heavy atom. The molecule has 1 unspecified atom stereocenters. The SMILES string of the molecule is CCNC(=NCc1ccc(COC)cc1)NCC(CCO)CC(C)C.I.